The number of hydrogen-bond donors (Lipinski definition) is 1. The summed E-state index contributed by atoms with van der Waals surface area (Å²) in [6.45, 7) is 0. The highest BCUT2D eigenvalue weighted by atomic mass is 16.6. The van der Waals surface area contributed by atoms with E-state index in [4.69, 9.17) is 0 Å². The molecule has 1 heterocycles. The van der Waals surface area contributed by atoms with Gasteiger partial charge in [-0.2, -0.15) is 10.2 Å². The van der Waals surface area contributed by atoms with E-state index in [9.17, 15) is 15.2 Å². The van der Waals surface area contributed by atoms with Crippen LogP contribution in [0.2, 0.25) is 0 Å². The summed E-state index contributed by atoms with van der Waals surface area (Å²) in [7, 11) is 0. The molecule has 0 spiro atoms. The maximum absolute atomic E-state index is 10.7. The highest BCUT2D eigenvalue weighted by molar-refractivity contribution is 5.87. The summed E-state index contributed by atoms with van der Waals surface area (Å²) < 4.78 is 0. The number of benzene rings is 2. The quantitative estimate of drug-likeness (QED) is 0.526. The number of nitrogens with zero attached hydrogens (tertiary/aromatic N) is 5. The Labute approximate surface area is 137 Å². The summed E-state index contributed by atoms with van der Waals surface area (Å²) in [6, 6.07) is 13.3. The molecule has 0 saturated carbocycles. The second-order valence-corrected chi connectivity index (χ2v) is 5.11. The second-order valence-electron chi connectivity index (χ2n) is 5.11. The third-order valence-corrected chi connectivity index (χ3v) is 3.46. The molecular formula is C16H13N5O3. The lowest BCUT2D eigenvalue weighted by atomic mass is 10.1. The first-order chi connectivity index (χ1) is 11.6. The Bertz CT molecular complexity index is 846. The Morgan fingerprint density at radius 1 is 1.25 bits per heavy atom. The predicted octanol–water partition coefficient (Wildman–Crippen LogP) is 3.63. The smallest absolute Gasteiger partial charge is 0.270 e. The van der Waals surface area contributed by atoms with Crippen molar-refractivity contribution in [1.82, 2.24) is 0 Å². The van der Waals surface area contributed by atoms with E-state index < -0.39 is 4.92 Å². The zero-order chi connectivity index (χ0) is 16.9. The molecule has 3 rings (SSSR count). The molecule has 2 aromatic carbocycles. The van der Waals surface area contributed by atoms with E-state index in [1.807, 2.05) is 30.3 Å². The fourth-order valence-corrected chi connectivity index (χ4v) is 2.23. The minimum Gasteiger partial charge on any atom is -0.507 e. The van der Waals surface area contributed by atoms with Crippen LogP contribution in [-0.4, -0.2) is 22.1 Å². The number of azo groups is 1. The van der Waals surface area contributed by atoms with Crippen LogP contribution in [0.1, 0.15) is 23.6 Å². The van der Waals surface area contributed by atoms with Gasteiger partial charge < -0.3 is 5.11 Å². The van der Waals surface area contributed by atoms with E-state index in [0.717, 1.165) is 5.56 Å². The van der Waals surface area contributed by atoms with Gasteiger partial charge in [0, 0.05) is 24.1 Å². The highest BCUT2D eigenvalue weighted by Gasteiger charge is 2.19. The van der Waals surface area contributed by atoms with Gasteiger partial charge in [-0.05, 0) is 11.6 Å². The second kappa shape index (κ2) is 6.78. The molecule has 0 saturated heterocycles. The number of rotatable bonds is 4. The molecule has 8 heteroatoms. The van der Waals surface area contributed by atoms with Gasteiger partial charge in [-0.15, -0.1) is 10.2 Å². The van der Waals surface area contributed by atoms with Crippen LogP contribution >= 0.6 is 0 Å². The Morgan fingerprint density at radius 3 is 2.79 bits per heavy atom. The van der Waals surface area contributed by atoms with Crippen LogP contribution < -0.4 is 0 Å². The van der Waals surface area contributed by atoms with Crippen molar-refractivity contribution in [2.45, 2.75) is 12.5 Å². The predicted molar refractivity (Wildman–Crippen MR) is 88.4 cm³/mol. The number of hydrogen-bond acceptors (Lipinski definition) is 6. The van der Waals surface area contributed by atoms with E-state index in [1.54, 1.807) is 0 Å². The fourth-order valence-electron chi connectivity index (χ4n) is 2.23. The maximum atomic E-state index is 10.7. The molecule has 1 aliphatic rings. The van der Waals surface area contributed by atoms with Crippen molar-refractivity contribution in [1.29, 1.82) is 0 Å². The first-order valence-corrected chi connectivity index (χ1v) is 7.16. The van der Waals surface area contributed by atoms with Gasteiger partial charge in [-0.1, -0.05) is 30.3 Å². The van der Waals surface area contributed by atoms with Crippen molar-refractivity contribution in [3.8, 4) is 5.75 Å². The molecule has 8 nitrogen and oxygen atoms in total. The molecule has 1 atom stereocenters. The first kappa shape index (κ1) is 15.5. The molecular weight excluding hydrogens is 310 g/mol. The number of amidine groups is 1. The normalized spacial score (nSPS) is 18.5. The zero-order valence-electron chi connectivity index (χ0n) is 12.5. The van der Waals surface area contributed by atoms with Gasteiger partial charge in [0.1, 0.15) is 11.8 Å². The van der Waals surface area contributed by atoms with Crippen molar-refractivity contribution in [3.05, 3.63) is 69.8 Å². The van der Waals surface area contributed by atoms with Crippen molar-refractivity contribution in [3.63, 3.8) is 0 Å². The van der Waals surface area contributed by atoms with Crippen LogP contribution in [0.5, 0.6) is 5.75 Å². The Hall–Kier alpha value is -3.42. The number of nitro groups is 1. The third kappa shape index (κ3) is 3.49. The minimum absolute atomic E-state index is 0.0774. The molecule has 120 valence electrons. The number of nitro benzene ring substituents is 1. The van der Waals surface area contributed by atoms with E-state index in [2.05, 4.69) is 20.4 Å². The molecule has 0 radical (unpaired) electrons. The molecule has 0 aliphatic carbocycles. The molecule has 2 aromatic rings. The summed E-state index contributed by atoms with van der Waals surface area (Å²) in [5.74, 6) is 0.352. The lowest BCUT2D eigenvalue weighted by molar-refractivity contribution is -0.384. The van der Waals surface area contributed by atoms with Crippen LogP contribution in [0.4, 0.5) is 5.69 Å². The molecule has 24 heavy (non-hydrogen) atoms. The van der Waals surface area contributed by atoms with Gasteiger partial charge in [0.15, 0.2) is 5.84 Å². The van der Waals surface area contributed by atoms with Crippen LogP contribution in [0.15, 0.2) is 69.0 Å². The summed E-state index contributed by atoms with van der Waals surface area (Å²) in [5, 5.41) is 36.4. The Balaban J connectivity index is 1.71. The van der Waals surface area contributed by atoms with Crippen LogP contribution in [0.3, 0.4) is 0 Å². The van der Waals surface area contributed by atoms with E-state index in [-0.39, 0.29) is 23.0 Å². The molecule has 0 bridgehead atoms. The minimum atomic E-state index is -0.543. The number of phenolic OH excluding ortho intramolecular Hbond substituents is 1. The summed E-state index contributed by atoms with van der Waals surface area (Å²) in [6.07, 6.45) is 1.78. The molecule has 0 fully saturated rings. The van der Waals surface area contributed by atoms with Gasteiger partial charge in [0.25, 0.3) is 5.69 Å². The van der Waals surface area contributed by atoms with E-state index in [0.29, 0.717) is 12.3 Å². The largest absolute Gasteiger partial charge is 0.507 e. The number of non-ortho nitro benzene ring substituents is 1. The van der Waals surface area contributed by atoms with E-state index in [1.165, 1.54) is 24.4 Å². The summed E-state index contributed by atoms with van der Waals surface area (Å²) in [4.78, 5) is 10.2. The Kier molecular flexibility index (Phi) is 4.37. The SMILES string of the molecule is O=[N+]([O-])c1ccc(O)c(/C=N/N=C2\CC(c3ccccc3)N=N2)c1. The lowest BCUT2D eigenvalue weighted by Crippen LogP contribution is -1.95. The average molecular weight is 323 g/mol. The van der Waals surface area contributed by atoms with Crippen LogP contribution in [0.25, 0.3) is 0 Å². The van der Waals surface area contributed by atoms with Crippen molar-refractivity contribution in [2.75, 3.05) is 0 Å². The summed E-state index contributed by atoms with van der Waals surface area (Å²) in [5.41, 5.74) is 1.13. The lowest BCUT2D eigenvalue weighted by Gasteiger charge is -2.02. The zero-order valence-corrected chi connectivity index (χ0v) is 12.5. The molecule has 1 N–H and O–H groups in total. The van der Waals surface area contributed by atoms with Crippen molar-refractivity contribution < 1.29 is 10.0 Å². The van der Waals surface area contributed by atoms with Crippen molar-refractivity contribution in [2.24, 2.45) is 20.4 Å². The van der Waals surface area contributed by atoms with Gasteiger partial charge in [0.05, 0.1) is 11.1 Å². The topological polar surface area (TPSA) is 113 Å². The van der Waals surface area contributed by atoms with Gasteiger partial charge >= 0.3 is 0 Å². The monoisotopic (exact) mass is 323 g/mol. The van der Waals surface area contributed by atoms with Crippen molar-refractivity contribution >= 4 is 17.7 Å². The Morgan fingerprint density at radius 2 is 2.04 bits per heavy atom. The number of phenols is 1. The van der Waals surface area contributed by atoms with Gasteiger partial charge in [-0.25, -0.2) is 0 Å². The summed E-state index contributed by atoms with van der Waals surface area (Å²) >= 11 is 0. The third-order valence-electron chi connectivity index (χ3n) is 3.46. The standard InChI is InChI=1S/C16H13N5O3/c22-15-7-6-13(21(23)24)8-12(15)10-17-19-16-9-14(18-20-16)11-4-2-1-3-5-11/h1-8,10,14,22H,9H2/b17-10+,19-16+. The molecule has 1 aliphatic heterocycles. The molecule has 1 unspecified atom stereocenters. The molecule has 0 amide bonds. The van der Waals surface area contributed by atoms with Crippen LogP contribution in [-0.2, 0) is 0 Å². The first-order valence-electron chi connectivity index (χ1n) is 7.16. The maximum Gasteiger partial charge on any atom is 0.270 e. The number of aromatic hydroxyl groups is 1. The molecule has 0 aromatic heterocycles. The average Bonchev–Trinajstić information content (AvgIpc) is 3.06. The highest BCUT2D eigenvalue weighted by Crippen LogP contribution is 2.27. The van der Waals surface area contributed by atoms with Gasteiger partial charge in [0.2, 0.25) is 0 Å². The van der Waals surface area contributed by atoms with Crippen LogP contribution in [0, 0.1) is 10.1 Å². The van der Waals surface area contributed by atoms with Gasteiger partial charge in [-0.3, -0.25) is 10.1 Å². The van der Waals surface area contributed by atoms with E-state index >= 15 is 0 Å². The fraction of sp³-hybridized carbons (Fsp3) is 0.125.